The molecule has 0 aromatic heterocycles. The first kappa shape index (κ1) is 55.0. The molecule has 15 nitrogen and oxygen atoms in total. The summed E-state index contributed by atoms with van der Waals surface area (Å²) < 4.78 is 4.16. The van der Waals surface area contributed by atoms with Crippen molar-refractivity contribution in [3.05, 3.63) is 0 Å². The standard InChI is InChI=1S/C6H13NO4.C6H14O2.2C5H13NO2.CO2.2H2S/c1-7(2-4-8)3-5-11-6(9)10;3*1-6(2-4-7)3-5-8;2-1-3;;/h8H,2-5H2,1H3,(H,9,10);6-8H,2-5H2,1H3;2*7-8H,2-5H2,1H3;;2*1H2/p-1. The summed E-state index contributed by atoms with van der Waals surface area (Å²) >= 11 is 0. The van der Waals surface area contributed by atoms with Crippen LogP contribution in [0.15, 0.2) is 0 Å². The van der Waals surface area contributed by atoms with E-state index < -0.39 is 6.16 Å². The molecule has 0 spiro atoms. The van der Waals surface area contributed by atoms with E-state index in [4.69, 9.17) is 45.3 Å². The van der Waals surface area contributed by atoms with Crippen molar-refractivity contribution in [2.45, 2.75) is 19.8 Å². The molecule has 0 saturated carbocycles. The lowest BCUT2D eigenvalue weighted by molar-refractivity contribution is -0.880. The van der Waals surface area contributed by atoms with Gasteiger partial charge in [-0.3, -0.25) is 0 Å². The topological polar surface area (TPSA) is 236 Å². The molecule has 0 bridgehead atoms. The van der Waals surface area contributed by atoms with Gasteiger partial charge in [-0.25, -0.2) is 0 Å². The molecule has 0 aliphatic heterocycles. The summed E-state index contributed by atoms with van der Waals surface area (Å²) in [6.07, 6.45) is 0.364. The Labute approximate surface area is 252 Å². The summed E-state index contributed by atoms with van der Waals surface area (Å²) in [6.45, 7) is 7.06. The van der Waals surface area contributed by atoms with Crippen molar-refractivity contribution in [3.8, 4) is 0 Å². The third kappa shape index (κ3) is 70.9. The van der Waals surface area contributed by atoms with Crippen molar-refractivity contribution >= 4 is 39.3 Å². The quantitative estimate of drug-likeness (QED) is 0.0425. The molecular formula is C23H56N3O12S2-. The number of nitrogens with zero attached hydrogens (tertiary/aromatic N) is 2. The number of rotatable bonds is 17. The summed E-state index contributed by atoms with van der Waals surface area (Å²) in [5.74, 6) is 0.463. The van der Waals surface area contributed by atoms with Crippen molar-refractivity contribution in [2.75, 3.05) is 113 Å². The number of hydrogen-bond donors (Lipinski definition) is 8. The van der Waals surface area contributed by atoms with E-state index in [1.54, 1.807) is 0 Å². The maximum atomic E-state index is 9.75. The van der Waals surface area contributed by atoms with Crippen LogP contribution in [0, 0.1) is 5.92 Å². The van der Waals surface area contributed by atoms with Gasteiger partial charge in [0.1, 0.15) is 6.54 Å². The fraction of sp³-hybridized carbons (Fsp3) is 0.913. The maximum absolute atomic E-state index is 9.75. The van der Waals surface area contributed by atoms with E-state index in [-0.39, 0.29) is 86.0 Å². The van der Waals surface area contributed by atoms with Crippen LogP contribution in [0.5, 0.6) is 0 Å². The highest BCUT2D eigenvalue weighted by Gasteiger charge is 1.98. The lowest BCUT2D eigenvalue weighted by Crippen LogP contribution is -3.10. The van der Waals surface area contributed by atoms with Gasteiger partial charge in [-0.2, -0.15) is 23.1 Å². The molecule has 1 unspecified atom stereocenters. The fourth-order valence-corrected chi connectivity index (χ4v) is 2.12. The third-order valence-corrected chi connectivity index (χ3v) is 4.46. The lowest BCUT2D eigenvalue weighted by Gasteiger charge is -2.14. The minimum Gasteiger partial charge on any atom is -0.813 e. The molecule has 0 aromatic carbocycles. The van der Waals surface area contributed by atoms with Gasteiger partial charge in [0.05, 0.1) is 53.2 Å². The van der Waals surface area contributed by atoms with Crippen molar-refractivity contribution in [3.63, 3.8) is 0 Å². The Balaban J connectivity index is -0.0000000696. The summed E-state index contributed by atoms with van der Waals surface area (Å²) in [6, 6.07) is 0. The second kappa shape index (κ2) is 50.8. The molecule has 248 valence electrons. The molecule has 0 fully saturated rings. The molecule has 0 radical (unpaired) electrons. The number of thiol groups is 1. The van der Waals surface area contributed by atoms with E-state index >= 15 is 0 Å². The zero-order valence-corrected chi connectivity index (χ0v) is 26.3. The molecule has 0 heterocycles. The molecule has 0 aromatic rings. The summed E-state index contributed by atoms with van der Waals surface area (Å²) in [4.78, 5) is 30.7. The van der Waals surface area contributed by atoms with E-state index in [0.717, 1.165) is 17.7 Å². The van der Waals surface area contributed by atoms with Gasteiger partial charge in [-0.1, -0.05) is 6.92 Å². The van der Waals surface area contributed by atoms with Gasteiger partial charge in [0.25, 0.3) is 6.16 Å². The Bertz CT molecular complexity index is 433. The maximum Gasteiger partial charge on any atom is 0.373 e. The number of aliphatic hydroxyl groups excluding tert-OH is 7. The minimum atomic E-state index is -1.50. The molecule has 17 heteroatoms. The van der Waals surface area contributed by atoms with Crippen LogP contribution < -0.4 is 10.0 Å². The highest BCUT2D eigenvalue weighted by molar-refractivity contribution is 7.59. The molecule has 8 N–H and O–H groups in total. The van der Waals surface area contributed by atoms with Crippen molar-refractivity contribution < 1.29 is 64.9 Å². The van der Waals surface area contributed by atoms with Gasteiger partial charge in [-0.15, -0.1) is 0 Å². The van der Waals surface area contributed by atoms with Crippen LogP contribution in [0.1, 0.15) is 19.8 Å². The number of likely N-dealkylation sites (N-methyl/N-ethyl adjacent to an activating group) is 3. The average Bonchev–Trinajstić information content (AvgIpc) is 2.82. The molecule has 0 rings (SSSR count). The van der Waals surface area contributed by atoms with E-state index in [1.165, 1.54) is 0 Å². The number of quaternary nitrogens is 1. The third-order valence-electron chi connectivity index (χ3n) is 4.46. The number of aliphatic hydroxyl groups is 7. The van der Waals surface area contributed by atoms with E-state index in [1.807, 2.05) is 37.9 Å². The van der Waals surface area contributed by atoms with E-state index in [2.05, 4.69) is 4.74 Å². The predicted molar refractivity (Wildman–Crippen MR) is 155 cm³/mol. The van der Waals surface area contributed by atoms with Crippen LogP contribution in [0.4, 0.5) is 4.79 Å². The Morgan fingerprint density at radius 1 is 0.775 bits per heavy atom. The van der Waals surface area contributed by atoms with Gasteiger partial charge in [0.2, 0.25) is 0 Å². The number of nitrogens with one attached hydrogen (secondary N) is 1. The predicted octanol–water partition coefficient (Wildman–Crippen LogP) is -5.69. The number of carbonyl (C=O) groups is 1. The zero-order chi connectivity index (χ0) is 30.6. The number of ether oxygens (including phenoxy) is 1. The molecule has 40 heavy (non-hydrogen) atoms. The van der Waals surface area contributed by atoms with Crippen LogP contribution in [-0.2, 0) is 27.8 Å². The molecule has 0 aliphatic rings. The Hall–Kier alpha value is -1.05. The second-order valence-corrected chi connectivity index (χ2v) is 7.99. The van der Waals surface area contributed by atoms with E-state index in [9.17, 15) is 9.90 Å². The van der Waals surface area contributed by atoms with Gasteiger partial charge in [0.15, 0.2) is 0 Å². The molecule has 0 amide bonds. The van der Waals surface area contributed by atoms with Crippen LogP contribution >= 0.6 is 13.5 Å². The lowest BCUT2D eigenvalue weighted by atomic mass is 10.1. The normalized spacial score (nSPS) is 9.95. The number of carbonyl (C=O) groups excluding carboxylic acids is 3. The van der Waals surface area contributed by atoms with Gasteiger partial charge >= 0.3 is 6.15 Å². The van der Waals surface area contributed by atoms with Crippen molar-refractivity contribution in [1.82, 2.24) is 9.80 Å². The SMILES string of the molecule is CC(CCO)CCO.CN(CCO)CCO.CN(CCO)CCO.C[NH+](CCO)CCOC(=O)[O-].O=C=O.S.[SH-]. The highest BCUT2D eigenvalue weighted by Crippen LogP contribution is 2.03. The van der Waals surface area contributed by atoms with Crippen molar-refractivity contribution in [2.24, 2.45) is 5.92 Å². The minimum absolute atomic E-state index is 0. The highest BCUT2D eigenvalue weighted by atomic mass is 32.1. The zero-order valence-electron chi connectivity index (χ0n) is 24.4. The number of carboxylic acid groups (broad SMARTS) is 1. The van der Waals surface area contributed by atoms with Gasteiger partial charge in [0, 0.05) is 39.4 Å². The van der Waals surface area contributed by atoms with Crippen LogP contribution in [-0.4, -0.2) is 171 Å². The first-order valence-electron chi connectivity index (χ1n) is 12.3. The number of hydrogen-bond acceptors (Lipinski definition) is 15. The molecule has 0 saturated heterocycles. The Morgan fingerprint density at radius 3 is 1.32 bits per heavy atom. The summed E-state index contributed by atoms with van der Waals surface area (Å²) in [7, 11) is 5.55. The van der Waals surface area contributed by atoms with Crippen LogP contribution in [0.2, 0.25) is 0 Å². The summed E-state index contributed by atoms with van der Waals surface area (Å²) in [5, 5.41) is 68.3. The molecule has 1 atom stereocenters. The summed E-state index contributed by atoms with van der Waals surface area (Å²) in [5.41, 5.74) is 0. The monoisotopic (exact) mass is 630 g/mol. The first-order valence-corrected chi connectivity index (χ1v) is 12.3. The first-order chi connectivity index (χ1) is 18.0. The fourth-order valence-electron chi connectivity index (χ4n) is 2.12. The van der Waals surface area contributed by atoms with Gasteiger partial charge < -0.3 is 78.6 Å². The largest absolute Gasteiger partial charge is 0.813 e. The smallest absolute Gasteiger partial charge is 0.373 e. The van der Waals surface area contributed by atoms with Crippen LogP contribution in [0.3, 0.4) is 0 Å². The Morgan fingerprint density at radius 2 is 1.10 bits per heavy atom. The molecular weight excluding hydrogens is 574 g/mol. The molecule has 0 aliphatic carbocycles. The van der Waals surface area contributed by atoms with Crippen molar-refractivity contribution in [1.29, 1.82) is 0 Å². The average molecular weight is 631 g/mol. The van der Waals surface area contributed by atoms with Crippen LogP contribution in [0.25, 0.3) is 0 Å². The van der Waals surface area contributed by atoms with Gasteiger partial charge in [-0.05, 0) is 32.9 Å². The van der Waals surface area contributed by atoms with E-state index in [0.29, 0.717) is 45.2 Å². The Kier molecular flexibility index (Phi) is 69.7. The second-order valence-electron chi connectivity index (χ2n) is 7.99.